The number of hydrogen-bond acceptors (Lipinski definition) is 2. The van der Waals surface area contributed by atoms with E-state index in [1.807, 2.05) is 36.0 Å². The quantitative estimate of drug-likeness (QED) is 0.750. The van der Waals surface area contributed by atoms with Gasteiger partial charge in [0.25, 0.3) is 0 Å². The zero-order valence-corrected chi connectivity index (χ0v) is 9.47. The Morgan fingerprint density at radius 1 is 1.43 bits per heavy atom. The van der Waals surface area contributed by atoms with Crippen molar-refractivity contribution in [1.29, 1.82) is 5.26 Å². The van der Waals surface area contributed by atoms with E-state index < -0.39 is 0 Å². The first-order valence-corrected chi connectivity index (χ1v) is 5.92. The molecule has 0 aromatic heterocycles. The molecular weight excluding hydrogens is 190 g/mol. The molecule has 0 aliphatic heterocycles. The standard InChI is InChI=1S/C12H15NS/c1-3-10(2)14-9-12-7-5-4-6-11(12)8-13/h4-7,10H,3,9H2,1-2H3. The molecule has 1 rings (SSSR count). The Balaban J connectivity index is 2.63. The molecule has 0 saturated heterocycles. The fraction of sp³-hybridized carbons (Fsp3) is 0.417. The predicted octanol–water partition coefficient (Wildman–Crippen LogP) is 3.59. The third-order valence-corrected chi connectivity index (χ3v) is 3.62. The average molecular weight is 205 g/mol. The van der Waals surface area contributed by atoms with Gasteiger partial charge >= 0.3 is 0 Å². The van der Waals surface area contributed by atoms with E-state index in [2.05, 4.69) is 19.9 Å². The maximum atomic E-state index is 8.88. The lowest BCUT2D eigenvalue weighted by Crippen LogP contribution is -1.95. The van der Waals surface area contributed by atoms with Crippen LogP contribution in [-0.2, 0) is 5.75 Å². The summed E-state index contributed by atoms with van der Waals surface area (Å²) in [4.78, 5) is 0. The highest BCUT2D eigenvalue weighted by atomic mass is 32.2. The molecule has 0 fully saturated rings. The van der Waals surface area contributed by atoms with Gasteiger partial charge in [0.2, 0.25) is 0 Å². The number of hydrogen-bond donors (Lipinski definition) is 0. The van der Waals surface area contributed by atoms with Gasteiger partial charge in [0.05, 0.1) is 11.6 Å². The van der Waals surface area contributed by atoms with Gasteiger partial charge in [-0.2, -0.15) is 17.0 Å². The lowest BCUT2D eigenvalue weighted by atomic mass is 10.1. The van der Waals surface area contributed by atoms with Crippen molar-refractivity contribution in [2.75, 3.05) is 0 Å². The molecular formula is C12H15NS. The van der Waals surface area contributed by atoms with Gasteiger partial charge in [0, 0.05) is 11.0 Å². The number of nitriles is 1. The lowest BCUT2D eigenvalue weighted by molar-refractivity contribution is 0.905. The molecule has 0 heterocycles. The van der Waals surface area contributed by atoms with E-state index in [1.54, 1.807) is 0 Å². The molecule has 14 heavy (non-hydrogen) atoms. The molecule has 0 radical (unpaired) electrons. The maximum absolute atomic E-state index is 8.88. The van der Waals surface area contributed by atoms with Crippen molar-refractivity contribution in [3.05, 3.63) is 35.4 Å². The Morgan fingerprint density at radius 3 is 2.79 bits per heavy atom. The molecule has 0 amide bonds. The smallest absolute Gasteiger partial charge is 0.0994 e. The minimum atomic E-state index is 0.668. The first kappa shape index (κ1) is 11.1. The average Bonchev–Trinajstić information content (AvgIpc) is 2.26. The van der Waals surface area contributed by atoms with E-state index in [4.69, 9.17) is 5.26 Å². The molecule has 0 bridgehead atoms. The van der Waals surface area contributed by atoms with Gasteiger partial charge in [-0.25, -0.2) is 0 Å². The summed E-state index contributed by atoms with van der Waals surface area (Å²) in [5, 5.41) is 9.55. The Kier molecular flexibility index (Phi) is 4.55. The lowest BCUT2D eigenvalue weighted by Gasteiger charge is -2.08. The van der Waals surface area contributed by atoms with Crippen molar-refractivity contribution in [2.24, 2.45) is 0 Å². The molecule has 0 spiro atoms. The van der Waals surface area contributed by atoms with E-state index >= 15 is 0 Å². The van der Waals surface area contributed by atoms with Gasteiger partial charge in [-0.1, -0.05) is 32.0 Å². The molecule has 1 aromatic rings. The highest BCUT2D eigenvalue weighted by Gasteiger charge is 2.03. The summed E-state index contributed by atoms with van der Waals surface area (Å²) in [6.07, 6.45) is 1.18. The normalized spacial score (nSPS) is 12.1. The van der Waals surface area contributed by atoms with Crippen molar-refractivity contribution in [1.82, 2.24) is 0 Å². The van der Waals surface area contributed by atoms with E-state index in [1.165, 1.54) is 6.42 Å². The second kappa shape index (κ2) is 5.72. The molecule has 0 aliphatic carbocycles. The summed E-state index contributed by atoms with van der Waals surface area (Å²) in [7, 11) is 0. The zero-order chi connectivity index (χ0) is 10.4. The molecule has 1 aromatic carbocycles. The SMILES string of the molecule is CCC(C)SCc1ccccc1C#N. The van der Waals surface area contributed by atoms with Gasteiger partial charge < -0.3 is 0 Å². The molecule has 0 N–H and O–H groups in total. The third kappa shape index (κ3) is 3.08. The van der Waals surface area contributed by atoms with Crippen LogP contribution in [0.1, 0.15) is 31.4 Å². The van der Waals surface area contributed by atoms with Crippen LogP contribution in [-0.4, -0.2) is 5.25 Å². The summed E-state index contributed by atoms with van der Waals surface area (Å²) < 4.78 is 0. The summed E-state index contributed by atoms with van der Waals surface area (Å²) in [5.41, 5.74) is 1.96. The van der Waals surface area contributed by atoms with Gasteiger partial charge in [0.1, 0.15) is 0 Å². The van der Waals surface area contributed by atoms with Crippen LogP contribution in [0.15, 0.2) is 24.3 Å². The fourth-order valence-electron chi connectivity index (χ4n) is 1.11. The highest BCUT2D eigenvalue weighted by molar-refractivity contribution is 7.99. The van der Waals surface area contributed by atoms with Gasteiger partial charge in [-0.15, -0.1) is 0 Å². The van der Waals surface area contributed by atoms with Crippen molar-refractivity contribution >= 4 is 11.8 Å². The molecule has 1 atom stereocenters. The maximum Gasteiger partial charge on any atom is 0.0994 e. The van der Waals surface area contributed by atoms with Crippen molar-refractivity contribution in [2.45, 2.75) is 31.3 Å². The molecule has 74 valence electrons. The van der Waals surface area contributed by atoms with Crippen LogP contribution in [0.3, 0.4) is 0 Å². The van der Waals surface area contributed by atoms with Crippen LogP contribution in [0.5, 0.6) is 0 Å². The molecule has 1 nitrogen and oxygen atoms in total. The first-order chi connectivity index (χ1) is 6.77. The minimum Gasteiger partial charge on any atom is -0.192 e. The fourth-order valence-corrected chi connectivity index (χ4v) is 2.06. The number of nitrogens with zero attached hydrogens (tertiary/aromatic N) is 1. The molecule has 2 heteroatoms. The van der Waals surface area contributed by atoms with Gasteiger partial charge in [-0.05, 0) is 18.1 Å². The number of rotatable bonds is 4. The Labute approximate surface area is 90.1 Å². The van der Waals surface area contributed by atoms with E-state index in [0.29, 0.717) is 5.25 Å². The summed E-state index contributed by atoms with van der Waals surface area (Å²) in [5.74, 6) is 0.943. The zero-order valence-electron chi connectivity index (χ0n) is 8.66. The Morgan fingerprint density at radius 2 is 2.14 bits per heavy atom. The highest BCUT2D eigenvalue weighted by Crippen LogP contribution is 2.21. The van der Waals surface area contributed by atoms with Crippen molar-refractivity contribution in [3.63, 3.8) is 0 Å². The largest absolute Gasteiger partial charge is 0.192 e. The summed E-state index contributed by atoms with van der Waals surface area (Å²) >= 11 is 1.91. The minimum absolute atomic E-state index is 0.668. The summed E-state index contributed by atoms with van der Waals surface area (Å²) in [6.45, 7) is 4.41. The third-order valence-electron chi connectivity index (χ3n) is 2.24. The van der Waals surface area contributed by atoms with Crippen LogP contribution in [0.2, 0.25) is 0 Å². The van der Waals surface area contributed by atoms with Crippen LogP contribution in [0.25, 0.3) is 0 Å². The van der Waals surface area contributed by atoms with Gasteiger partial charge in [0.15, 0.2) is 0 Å². The topological polar surface area (TPSA) is 23.8 Å². The Hall–Kier alpha value is -0.940. The molecule has 0 aliphatic rings. The van der Waals surface area contributed by atoms with E-state index in [-0.39, 0.29) is 0 Å². The molecule has 0 saturated carbocycles. The van der Waals surface area contributed by atoms with Crippen molar-refractivity contribution in [3.8, 4) is 6.07 Å². The first-order valence-electron chi connectivity index (χ1n) is 4.87. The predicted molar refractivity (Wildman–Crippen MR) is 62.2 cm³/mol. The Bertz CT molecular complexity index is 327. The second-order valence-corrected chi connectivity index (χ2v) is 4.73. The van der Waals surface area contributed by atoms with E-state index in [9.17, 15) is 0 Å². The number of thioether (sulfide) groups is 1. The second-order valence-electron chi connectivity index (χ2n) is 3.30. The monoisotopic (exact) mass is 205 g/mol. The van der Waals surface area contributed by atoms with Crippen molar-refractivity contribution < 1.29 is 0 Å². The van der Waals surface area contributed by atoms with Crippen LogP contribution >= 0.6 is 11.8 Å². The molecule has 1 unspecified atom stereocenters. The van der Waals surface area contributed by atoms with Gasteiger partial charge in [-0.3, -0.25) is 0 Å². The van der Waals surface area contributed by atoms with Crippen LogP contribution in [0.4, 0.5) is 0 Å². The van der Waals surface area contributed by atoms with Crippen LogP contribution < -0.4 is 0 Å². The summed E-state index contributed by atoms with van der Waals surface area (Å²) in [6, 6.07) is 10.0. The van der Waals surface area contributed by atoms with E-state index in [0.717, 1.165) is 16.9 Å². The van der Waals surface area contributed by atoms with Crippen LogP contribution in [0, 0.1) is 11.3 Å². The number of benzene rings is 1.